The summed E-state index contributed by atoms with van der Waals surface area (Å²) in [6, 6.07) is -0.722. The van der Waals surface area contributed by atoms with E-state index in [2.05, 4.69) is 17.0 Å². The van der Waals surface area contributed by atoms with Crippen molar-refractivity contribution in [3.8, 4) is 0 Å². The number of carbonyl (C=O) groups excluding carboxylic acids is 3. The molecule has 174 valence electrons. The fourth-order valence-corrected chi connectivity index (χ4v) is 3.75. The molecule has 1 aliphatic rings. The van der Waals surface area contributed by atoms with E-state index in [0.717, 1.165) is 12.8 Å². The second kappa shape index (κ2) is 18.2. The second-order valence-corrected chi connectivity index (χ2v) is 8.47. The number of nitrogens with one attached hydrogen (secondary N) is 1. The number of rotatable bonds is 20. The van der Waals surface area contributed by atoms with Gasteiger partial charge in [-0.1, -0.05) is 103 Å². The molecular formula is C24H43NO5. The molecule has 0 aliphatic carbocycles. The van der Waals surface area contributed by atoms with Crippen LogP contribution in [-0.4, -0.2) is 30.7 Å². The molecule has 1 amide bonds. The first-order chi connectivity index (χ1) is 14.6. The maximum absolute atomic E-state index is 11.7. The van der Waals surface area contributed by atoms with E-state index in [4.69, 9.17) is 4.74 Å². The third kappa shape index (κ3) is 14.4. The van der Waals surface area contributed by atoms with Crippen molar-refractivity contribution in [2.24, 2.45) is 0 Å². The minimum atomic E-state index is -0.744. The van der Waals surface area contributed by atoms with E-state index < -0.39 is 18.1 Å². The SMILES string of the molecule is CCCCCCCCCCCCCCCCCCOC(=O)CC[C@H]1NC(=O)OC1=O. The van der Waals surface area contributed by atoms with Crippen LogP contribution in [0, 0.1) is 0 Å². The summed E-state index contributed by atoms with van der Waals surface area (Å²) in [4.78, 5) is 33.8. The monoisotopic (exact) mass is 425 g/mol. The third-order valence-corrected chi connectivity index (χ3v) is 5.67. The van der Waals surface area contributed by atoms with E-state index in [1.54, 1.807) is 0 Å². The van der Waals surface area contributed by atoms with Crippen LogP contribution in [0.5, 0.6) is 0 Å². The van der Waals surface area contributed by atoms with Crippen molar-refractivity contribution in [3.05, 3.63) is 0 Å². The topological polar surface area (TPSA) is 81.7 Å². The molecule has 1 saturated heterocycles. The zero-order chi connectivity index (χ0) is 21.9. The fraction of sp³-hybridized carbons (Fsp3) is 0.875. The summed E-state index contributed by atoms with van der Waals surface area (Å²) in [5, 5.41) is 2.37. The van der Waals surface area contributed by atoms with Crippen molar-refractivity contribution in [2.45, 2.75) is 129 Å². The van der Waals surface area contributed by atoms with Gasteiger partial charge in [0.25, 0.3) is 0 Å². The van der Waals surface area contributed by atoms with Crippen LogP contribution in [0.3, 0.4) is 0 Å². The zero-order valence-electron chi connectivity index (χ0n) is 19.1. The molecule has 1 heterocycles. The molecule has 30 heavy (non-hydrogen) atoms. The second-order valence-electron chi connectivity index (χ2n) is 8.47. The van der Waals surface area contributed by atoms with Gasteiger partial charge in [0.05, 0.1) is 6.61 Å². The number of hydrogen-bond acceptors (Lipinski definition) is 5. The molecule has 0 bridgehead atoms. The van der Waals surface area contributed by atoms with Crippen molar-refractivity contribution in [1.82, 2.24) is 5.32 Å². The predicted molar refractivity (Wildman–Crippen MR) is 118 cm³/mol. The Morgan fingerprint density at radius 2 is 1.27 bits per heavy atom. The van der Waals surface area contributed by atoms with Crippen LogP contribution in [0.15, 0.2) is 0 Å². The molecule has 1 atom stereocenters. The highest BCUT2D eigenvalue weighted by molar-refractivity contribution is 5.95. The first kappa shape index (κ1) is 26.4. The van der Waals surface area contributed by atoms with Gasteiger partial charge >= 0.3 is 18.0 Å². The van der Waals surface area contributed by atoms with Gasteiger partial charge in [-0.3, -0.25) is 4.79 Å². The molecule has 0 spiro atoms. The highest BCUT2D eigenvalue weighted by Crippen LogP contribution is 2.14. The van der Waals surface area contributed by atoms with Crippen LogP contribution < -0.4 is 5.32 Å². The molecule has 1 fully saturated rings. The minimum Gasteiger partial charge on any atom is -0.466 e. The van der Waals surface area contributed by atoms with E-state index >= 15 is 0 Å². The van der Waals surface area contributed by atoms with Crippen molar-refractivity contribution in [3.63, 3.8) is 0 Å². The molecule has 0 aromatic heterocycles. The van der Waals surface area contributed by atoms with Crippen LogP contribution in [0.4, 0.5) is 4.79 Å². The van der Waals surface area contributed by atoms with Crippen LogP contribution in [-0.2, 0) is 19.1 Å². The summed E-state index contributed by atoms with van der Waals surface area (Å²) in [5.74, 6) is -0.949. The molecule has 1 aliphatic heterocycles. The zero-order valence-corrected chi connectivity index (χ0v) is 19.1. The van der Waals surface area contributed by atoms with E-state index in [-0.39, 0.29) is 18.8 Å². The first-order valence-electron chi connectivity index (χ1n) is 12.3. The fourth-order valence-electron chi connectivity index (χ4n) is 3.75. The quantitative estimate of drug-likeness (QED) is 0.142. The molecule has 0 aromatic rings. The number of amides is 1. The Labute approximate surface area is 182 Å². The summed E-state index contributed by atoms with van der Waals surface area (Å²) >= 11 is 0. The summed E-state index contributed by atoms with van der Waals surface area (Å²) < 4.78 is 9.54. The predicted octanol–water partition coefficient (Wildman–Crippen LogP) is 6.21. The Hall–Kier alpha value is -1.59. The number of carbonyl (C=O) groups is 3. The van der Waals surface area contributed by atoms with Crippen molar-refractivity contribution < 1.29 is 23.9 Å². The lowest BCUT2D eigenvalue weighted by atomic mass is 10.0. The molecule has 0 unspecified atom stereocenters. The molecule has 0 saturated carbocycles. The number of alkyl carbamates (subject to hydrolysis) is 1. The first-order valence-corrected chi connectivity index (χ1v) is 12.3. The van der Waals surface area contributed by atoms with Gasteiger partial charge in [-0.25, -0.2) is 9.59 Å². The van der Waals surface area contributed by atoms with Crippen molar-refractivity contribution in [1.29, 1.82) is 0 Å². The molecule has 0 aromatic carbocycles. The van der Waals surface area contributed by atoms with Gasteiger partial charge in [0.15, 0.2) is 0 Å². The van der Waals surface area contributed by atoms with Gasteiger partial charge in [-0.2, -0.15) is 0 Å². The molecule has 1 rings (SSSR count). The molecular weight excluding hydrogens is 382 g/mol. The molecule has 6 heteroatoms. The summed E-state index contributed by atoms with van der Waals surface area (Å²) in [6.07, 6.45) is 20.6. The summed E-state index contributed by atoms with van der Waals surface area (Å²) in [5.41, 5.74) is 0. The maximum atomic E-state index is 11.7. The lowest BCUT2D eigenvalue weighted by molar-refractivity contribution is -0.144. The molecule has 6 nitrogen and oxygen atoms in total. The molecule has 1 N–H and O–H groups in total. The standard InChI is InChI=1S/C24H43NO5/c1-2-3-4-5-6-7-8-9-10-11-12-13-14-15-16-17-20-29-22(26)19-18-21-23(27)30-24(28)25-21/h21H,2-20H2,1H3,(H,25,28)/t21-/m1/s1. The van der Waals surface area contributed by atoms with E-state index in [0.29, 0.717) is 6.61 Å². The Balaban J connectivity index is 1.76. The van der Waals surface area contributed by atoms with Gasteiger partial charge in [-0.15, -0.1) is 0 Å². The van der Waals surface area contributed by atoms with Gasteiger partial charge in [-0.05, 0) is 12.8 Å². The highest BCUT2D eigenvalue weighted by atomic mass is 16.6. The van der Waals surface area contributed by atoms with Crippen LogP contribution in [0.2, 0.25) is 0 Å². The minimum absolute atomic E-state index is 0.110. The van der Waals surface area contributed by atoms with Gasteiger partial charge < -0.3 is 14.8 Å². The van der Waals surface area contributed by atoms with Gasteiger partial charge in [0.2, 0.25) is 0 Å². The third-order valence-electron chi connectivity index (χ3n) is 5.67. The van der Waals surface area contributed by atoms with Gasteiger partial charge in [0, 0.05) is 6.42 Å². The Bertz CT molecular complexity index is 480. The number of esters is 2. The average Bonchev–Trinajstić information content (AvgIpc) is 3.05. The Morgan fingerprint density at radius 3 is 1.70 bits per heavy atom. The van der Waals surface area contributed by atoms with Crippen molar-refractivity contribution in [2.75, 3.05) is 6.61 Å². The van der Waals surface area contributed by atoms with Crippen LogP contribution in [0.25, 0.3) is 0 Å². The maximum Gasteiger partial charge on any atom is 0.415 e. The Morgan fingerprint density at radius 1 is 0.800 bits per heavy atom. The smallest absolute Gasteiger partial charge is 0.415 e. The highest BCUT2D eigenvalue weighted by Gasteiger charge is 2.32. The molecule has 0 radical (unpaired) electrons. The number of cyclic esters (lactones) is 2. The van der Waals surface area contributed by atoms with E-state index in [1.807, 2.05) is 0 Å². The lowest BCUT2D eigenvalue weighted by Gasteiger charge is -2.07. The lowest BCUT2D eigenvalue weighted by Crippen LogP contribution is -2.29. The normalized spacial score (nSPS) is 15.8. The Kier molecular flexibility index (Phi) is 16.0. The van der Waals surface area contributed by atoms with E-state index in [1.165, 1.54) is 89.9 Å². The number of ether oxygens (including phenoxy) is 2. The largest absolute Gasteiger partial charge is 0.466 e. The average molecular weight is 426 g/mol. The number of unbranched alkanes of at least 4 members (excludes halogenated alkanes) is 15. The van der Waals surface area contributed by atoms with Crippen molar-refractivity contribution >= 4 is 18.0 Å². The van der Waals surface area contributed by atoms with Crippen LogP contribution >= 0.6 is 0 Å². The summed E-state index contributed by atoms with van der Waals surface area (Å²) in [6.45, 7) is 2.70. The number of hydrogen-bond donors (Lipinski definition) is 1. The van der Waals surface area contributed by atoms with Gasteiger partial charge in [0.1, 0.15) is 6.04 Å². The summed E-state index contributed by atoms with van der Waals surface area (Å²) in [7, 11) is 0. The van der Waals surface area contributed by atoms with E-state index in [9.17, 15) is 14.4 Å². The van der Waals surface area contributed by atoms with Crippen LogP contribution in [0.1, 0.15) is 122 Å².